The van der Waals surface area contributed by atoms with Crippen molar-refractivity contribution in [1.82, 2.24) is 0 Å². The van der Waals surface area contributed by atoms with E-state index in [9.17, 15) is 27.9 Å². The van der Waals surface area contributed by atoms with Gasteiger partial charge in [0.2, 0.25) is 5.60 Å². The molecule has 1 unspecified atom stereocenters. The quantitative estimate of drug-likeness (QED) is 0.345. The zero-order valence-electron chi connectivity index (χ0n) is 23.2. The molecule has 11 heteroatoms. The lowest BCUT2D eigenvalue weighted by atomic mass is 9.82. The summed E-state index contributed by atoms with van der Waals surface area (Å²) in [5.74, 6) is -3.31. The fourth-order valence-electron chi connectivity index (χ4n) is 5.64. The highest BCUT2D eigenvalue weighted by Crippen LogP contribution is 2.38. The molecule has 224 valence electrons. The Balaban J connectivity index is 0.000000587. The number of ether oxygens (including phenoxy) is 1. The van der Waals surface area contributed by atoms with Crippen molar-refractivity contribution in [2.45, 2.75) is 57.0 Å². The van der Waals surface area contributed by atoms with Gasteiger partial charge >= 0.3 is 12.1 Å². The van der Waals surface area contributed by atoms with Gasteiger partial charge < -0.3 is 30.0 Å². The van der Waals surface area contributed by atoms with Crippen molar-refractivity contribution in [1.29, 1.82) is 0 Å². The summed E-state index contributed by atoms with van der Waals surface area (Å²) in [5.41, 5.74) is 5.31. The van der Waals surface area contributed by atoms with E-state index in [1.54, 1.807) is 24.3 Å². The predicted molar refractivity (Wildman–Crippen MR) is 142 cm³/mol. The zero-order valence-corrected chi connectivity index (χ0v) is 23.2. The molecule has 8 nitrogen and oxygen atoms in total. The summed E-state index contributed by atoms with van der Waals surface area (Å²) in [5, 5.41) is 20.5. The Labute approximate surface area is 237 Å². The van der Waals surface area contributed by atoms with Crippen molar-refractivity contribution >= 4 is 17.7 Å². The van der Waals surface area contributed by atoms with E-state index in [2.05, 4.69) is 0 Å². The fourth-order valence-corrected chi connectivity index (χ4v) is 5.64. The maximum Gasteiger partial charge on any atom is 0.430 e. The van der Waals surface area contributed by atoms with Gasteiger partial charge in [-0.15, -0.1) is 0 Å². The Morgan fingerprint density at radius 1 is 1.00 bits per heavy atom. The molecule has 3 aliphatic rings. The van der Waals surface area contributed by atoms with Gasteiger partial charge in [-0.05, 0) is 11.1 Å². The number of quaternary nitrogens is 1. The number of carbonyl (C=O) groups is 3. The van der Waals surface area contributed by atoms with Crippen LogP contribution in [-0.4, -0.2) is 71.8 Å². The number of piperidine rings is 3. The van der Waals surface area contributed by atoms with Gasteiger partial charge in [-0.1, -0.05) is 74.5 Å². The molecule has 2 bridgehead atoms. The number of carboxylic acid groups (broad SMARTS) is 1. The van der Waals surface area contributed by atoms with Crippen LogP contribution in [-0.2, 0) is 24.7 Å². The van der Waals surface area contributed by atoms with Crippen LogP contribution in [0.4, 0.5) is 13.2 Å². The molecule has 0 aromatic heterocycles. The lowest BCUT2D eigenvalue weighted by Gasteiger charge is -2.52. The lowest BCUT2D eigenvalue weighted by molar-refractivity contribution is -0.946. The lowest BCUT2D eigenvalue weighted by Crippen LogP contribution is -2.65. The molecular formula is C30H37F3N2O6. The fraction of sp³-hybridized carbons (Fsp3) is 0.500. The van der Waals surface area contributed by atoms with Crippen LogP contribution in [0, 0.1) is 11.8 Å². The Morgan fingerprint density at radius 2 is 1.46 bits per heavy atom. The summed E-state index contributed by atoms with van der Waals surface area (Å²) in [6, 6.07) is 17.5. The molecule has 0 saturated carbocycles. The molecule has 0 radical (unpaired) electrons. The second kappa shape index (κ2) is 13.1. The summed E-state index contributed by atoms with van der Waals surface area (Å²) >= 11 is 0. The van der Waals surface area contributed by atoms with Gasteiger partial charge in [-0.2, -0.15) is 13.2 Å². The number of aliphatic hydroxyl groups is 1. The van der Waals surface area contributed by atoms with E-state index < -0.39 is 29.8 Å². The molecule has 0 spiro atoms. The number of halogens is 3. The average Bonchev–Trinajstić information content (AvgIpc) is 2.96. The highest BCUT2D eigenvalue weighted by atomic mass is 19.4. The maximum absolute atomic E-state index is 13.6. The van der Waals surface area contributed by atoms with E-state index in [1.807, 2.05) is 50.2 Å². The number of hydrogen-bond acceptors (Lipinski definition) is 7. The molecule has 5 rings (SSSR count). The number of aliphatic carboxylic acids is 1. The minimum atomic E-state index is -5.19. The highest BCUT2D eigenvalue weighted by Gasteiger charge is 2.50. The van der Waals surface area contributed by atoms with Crippen molar-refractivity contribution in [3.05, 3.63) is 71.8 Å². The van der Waals surface area contributed by atoms with Crippen LogP contribution < -0.4 is 10.8 Å². The van der Waals surface area contributed by atoms with Gasteiger partial charge in [0.25, 0.3) is 0 Å². The maximum atomic E-state index is 13.6. The second-order valence-electron chi connectivity index (χ2n) is 11.2. The van der Waals surface area contributed by atoms with Gasteiger partial charge in [-0.3, -0.25) is 4.79 Å². The molecule has 3 saturated heterocycles. The third kappa shape index (κ3) is 7.72. The van der Waals surface area contributed by atoms with Gasteiger partial charge in [0.15, 0.2) is 11.9 Å². The van der Waals surface area contributed by atoms with E-state index in [0.29, 0.717) is 30.0 Å². The van der Waals surface area contributed by atoms with Crippen molar-refractivity contribution in [3.8, 4) is 0 Å². The Morgan fingerprint density at radius 3 is 1.88 bits per heavy atom. The number of esters is 1. The van der Waals surface area contributed by atoms with E-state index in [4.69, 9.17) is 20.4 Å². The van der Waals surface area contributed by atoms with Crippen LogP contribution in [0.15, 0.2) is 60.7 Å². The smallest absolute Gasteiger partial charge is 0.430 e. The third-order valence-corrected chi connectivity index (χ3v) is 8.06. The molecule has 3 fully saturated rings. The molecule has 41 heavy (non-hydrogen) atoms. The summed E-state index contributed by atoms with van der Waals surface area (Å²) < 4.78 is 38.5. The van der Waals surface area contributed by atoms with Crippen LogP contribution in [0.25, 0.3) is 0 Å². The van der Waals surface area contributed by atoms with E-state index >= 15 is 0 Å². The van der Waals surface area contributed by atoms with E-state index in [1.165, 1.54) is 0 Å². The second-order valence-corrected chi connectivity index (χ2v) is 11.2. The molecule has 3 N–H and O–H groups in total. The summed E-state index contributed by atoms with van der Waals surface area (Å²) in [7, 11) is 0. The van der Waals surface area contributed by atoms with Crippen molar-refractivity contribution in [3.63, 3.8) is 0 Å². The molecule has 0 amide bonds. The monoisotopic (exact) mass is 578 g/mol. The Kier molecular flexibility index (Phi) is 10.3. The number of ketones is 1. The SMILES string of the molecule is CC(C)C(=O)C(N)CC[N+]12CCC(CC1)[C@@H](OC(=O)C(O)(c1ccccc1)c1ccccc1)C2.O=C([O-])C(F)(F)F. The number of nitrogens with zero attached hydrogens (tertiary/aromatic N) is 1. The normalized spacial score (nSPS) is 22.8. The number of carbonyl (C=O) groups excluding carboxylic acids is 3. The molecular weight excluding hydrogens is 541 g/mol. The minimum Gasteiger partial charge on any atom is -0.542 e. The first-order valence-corrected chi connectivity index (χ1v) is 13.7. The van der Waals surface area contributed by atoms with Crippen LogP contribution in [0.3, 0.4) is 0 Å². The number of carboxylic acids is 1. The zero-order chi connectivity index (χ0) is 30.4. The van der Waals surface area contributed by atoms with Gasteiger partial charge in [0.05, 0.1) is 25.7 Å². The number of hydrogen-bond donors (Lipinski definition) is 2. The number of nitrogens with two attached hydrogens (primary N) is 1. The molecule has 0 aliphatic carbocycles. The Hall–Kier alpha value is -3.28. The Bertz CT molecular complexity index is 1140. The molecule has 2 aromatic rings. The van der Waals surface area contributed by atoms with Gasteiger partial charge in [0, 0.05) is 31.1 Å². The number of Topliss-reactive ketones (excluding diaryl/α,β-unsaturated/α-hetero) is 1. The first-order valence-electron chi connectivity index (χ1n) is 13.7. The van der Waals surface area contributed by atoms with Gasteiger partial charge in [0.1, 0.15) is 12.5 Å². The molecule has 3 heterocycles. The highest BCUT2D eigenvalue weighted by molar-refractivity contribution is 5.86. The van der Waals surface area contributed by atoms with Crippen molar-refractivity contribution in [2.24, 2.45) is 17.6 Å². The van der Waals surface area contributed by atoms with E-state index in [-0.39, 0.29) is 17.8 Å². The first kappa shape index (κ1) is 32.2. The number of benzene rings is 2. The predicted octanol–water partition coefficient (Wildman–Crippen LogP) is 2.32. The first-order chi connectivity index (χ1) is 19.2. The van der Waals surface area contributed by atoms with Gasteiger partial charge in [-0.25, -0.2) is 4.79 Å². The number of alkyl halides is 3. The average molecular weight is 579 g/mol. The molecule has 2 aromatic carbocycles. The molecule has 3 aliphatic heterocycles. The topological polar surface area (TPSA) is 130 Å². The van der Waals surface area contributed by atoms with Crippen LogP contribution in [0.5, 0.6) is 0 Å². The van der Waals surface area contributed by atoms with Crippen LogP contribution in [0.2, 0.25) is 0 Å². The van der Waals surface area contributed by atoms with Crippen LogP contribution in [0.1, 0.15) is 44.2 Å². The number of rotatable bonds is 9. The van der Waals surface area contributed by atoms with Crippen molar-refractivity contribution < 1.29 is 47.0 Å². The minimum absolute atomic E-state index is 0.0653. The third-order valence-electron chi connectivity index (χ3n) is 8.06. The van der Waals surface area contributed by atoms with E-state index in [0.717, 1.165) is 37.0 Å². The summed E-state index contributed by atoms with van der Waals surface area (Å²) in [6.45, 7) is 7.32. The summed E-state index contributed by atoms with van der Waals surface area (Å²) in [6.07, 6.45) is -2.87. The van der Waals surface area contributed by atoms with Crippen LogP contribution >= 0.6 is 0 Å². The van der Waals surface area contributed by atoms with Crippen molar-refractivity contribution in [2.75, 3.05) is 26.2 Å². The summed E-state index contributed by atoms with van der Waals surface area (Å²) in [4.78, 5) is 34.7. The molecule has 2 atom stereocenters. The standard InChI is InChI=1S/C28H37N2O4.C2HF3O2/c1-20(2)26(31)24(29)15-18-30-16-13-21(14-17-30)25(19-30)34-27(32)28(33,22-9-5-3-6-10-22)23-11-7-4-8-12-23;3-2(4,5)1(6)7/h3-12,20-21,24-25,33H,13-19,29H2,1-2H3;(H,6,7)/q+1;/p-1/t21?,24?,25-,30?;/m0./s1. The largest absolute Gasteiger partial charge is 0.542 e. The number of fused-ring (bicyclic) bond motifs is 3.